The molecule has 3 aliphatic rings. The second-order valence-electron chi connectivity index (χ2n) is 10.6. The van der Waals surface area contributed by atoms with E-state index in [4.69, 9.17) is 4.74 Å². The van der Waals surface area contributed by atoms with Gasteiger partial charge in [0.05, 0.1) is 23.3 Å². The SMILES string of the molecule is C[C@@H](O[C@H]1CN2C(=O)C=C(C3=CCC(=O)CC3)C[C@H]2[C@@H]1c1ccc(F)cc1)c1cc(C(F)(F)F)cc(C(F)(F)F)c1. The van der Waals surface area contributed by atoms with Gasteiger partial charge in [0, 0.05) is 37.4 Å². The molecular formula is C30H26F7NO3. The van der Waals surface area contributed by atoms with E-state index in [1.807, 2.05) is 6.08 Å². The highest BCUT2D eigenvalue weighted by atomic mass is 19.4. The number of carbonyl (C=O) groups is 2. The Labute approximate surface area is 231 Å². The number of allylic oxidation sites excluding steroid dienone is 2. The number of hydrogen-bond donors (Lipinski definition) is 0. The Balaban J connectivity index is 1.48. The first-order valence-electron chi connectivity index (χ1n) is 13.1. The molecule has 0 spiro atoms. The maximum Gasteiger partial charge on any atom is 0.416 e. The number of alkyl halides is 6. The molecule has 2 aliphatic heterocycles. The minimum atomic E-state index is -5.01. The lowest BCUT2D eigenvalue weighted by Gasteiger charge is -2.34. The molecule has 5 rings (SSSR count). The lowest BCUT2D eigenvalue weighted by Crippen LogP contribution is -2.40. The van der Waals surface area contributed by atoms with E-state index in [1.54, 1.807) is 4.90 Å². The van der Waals surface area contributed by atoms with Crippen LogP contribution < -0.4 is 0 Å². The summed E-state index contributed by atoms with van der Waals surface area (Å²) in [5, 5.41) is 0. The van der Waals surface area contributed by atoms with E-state index in [0.29, 0.717) is 37.0 Å². The van der Waals surface area contributed by atoms with Crippen molar-refractivity contribution in [3.8, 4) is 0 Å². The molecule has 11 heteroatoms. The van der Waals surface area contributed by atoms with Crippen LogP contribution >= 0.6 is 0 Å². The van der Waals surface area contributed by atoms with Crippen molar-refractivity contribution in [1.82, 2.24) is 4.90 Å². The summed E-state index contributed by atoms with van der Waals surface area (Å²) in [6.07, 6.45) is -7.14. The summed E-state index contributed by atoms with van der Waals surface area (Å²) in [6, 6.07) is 6.46. The summed E-state index contributed by atoms with van der Waals surface area (Å²) in [5.41, 5.74) is -0.899. The fourth-order valence-electron chi connectivity index (χ4n) is 5.93. The van der Waals surface area contributed by atoms with Crippen molar-refractivity contribution in [3.63, 3.8) is 0 Å². The van der Waals surface area contributed by atoms with Crippen LogP contribution in [0.1, 0.15) is 66.9 Å². The van der Waals surface area contributed by atoms with Gasteiger partial charge in [-0.25, -0.2) is 4.39 Å². The van der Waals surface area contributed by atoms with Crippen LogP contribution in [0.5, 0.6) is 0 Å². The Hall–Kier alpha value is -3.47. The first-order chi connectivity index (χ1) is 19.2. The zero-order valence-corrected chi connectivity index (χ0v) is 21.9. The molecule has 2 aromatic carbocycles. The third kappa shape index (κ3) is 6.10. The second-order valence-corrected chi connectivity index (χ2v) is 10.6. The molecule has 0 radical (unpaired) electrons. The number of fused-ring (bicyclic) bond motifs is 1. The van der Waals surface area contributed by atoms with Crippen LogP contribution in [0.15, 0.2) is 65.8 Å². The van der Waals surface area contributed by atoms with Crippen LogP contribution in [0.4, 0.5) is 30.7 Å². The number of ether oxygens (including phenoxy) is 1. The third-order valence-corrected chi connectivity index (χ3v) is 7.98. The van der Waals surface area contributed by atoms with Gasteiger partial charge in [0.1, 0.15) is 11.6 Å². The van der Waals surface area contributed by atoms with Gasteiger partial charge >= 0.3 is 12.4 Å². The number of benzene rings is 2. The van der Waals surface area contributed by atoms with E-state index in [1.165, 1.54) is 37.3 Å². The lowest BCUT2D eigenvalue weighted by atomic mass is 9.81. The fraction of sp³-hybridized carbons (Fsp3) is 0.400. The van der Waals surface area contributed by atoms with Crippen LogP contribution in [0.25, 0.3) is 0 Å². The Kier molecular flexibility index (Phi) is 7.61. The quantitative estimate of drug-likeness (QED) is 0.348. The first kappa shape index (κ1) is 29.0. The van der Waals surface area contributed by atoms with Crippen molar-refractivity contribution in [2.24, 2.45) is 0 Å². The predicted molar refractivity (Wildman–Crippen MR) is 134 cm³/mol. The topological polar surface area (TPSA) is 46.6 Å². The second kappa shape index (κ2) is 10.7. The highest BCUT2D eigenvalue weighted by Gasteiger charge is 2.48. The number of nitrogens with zero attached hydrogens (tertiary/aromatic N) is 1. The summed E-state index contributed by atoms with van der Waals surface area (Å²) in [7, 11) is 0. The number of ketones is 1. The van der Waals surface area contributed by atoms with Crippen LogP contribution in [0.2, 0.25) is 0 Å². The van der Waals surface area contributed by atoms with Gasteiger partial charge in [-0.05, 0) is 72.4 Å². The zero-order chi connectivity index (χ0) is 29.7. The molecule has 1 saturated heterocycles. The zero-order valence-electron chi connectivity index (χ0n) is 21.9. The van der Waals surface area contributed by atoms with E-state index in [-0.39, 0.29) is 36.3 Å². The highest BCUT2D eigenvalue weighted by Crippen LogP contribution is 2.45. The molecule has 2 heterocycles. The van der Waals surface area contributed by atoms with Gasteiger partial charge in [0.2, 0.25) is 5.91 Å². The minimum Gasteiger partial charge on any atom is -0.368 e. The van der Waals surface area contributed by atoms with Crippen molar-refractivity contribution in [2.75, 3.05) is 6.54 Å². The number of hydrogen-bond acceptors (Lipinski definition) is 3. The van der Waals surface area contributed by atoms with Crippen molar-refractivity contribution >= 4 is 11.7 Å². The molecule has 0 aromatic heterocycles. The van der Waals surface area contributed by atoms with E-state index in [0.717, 1.165) is 11.1 Å². The summed E-state index contributed by atoms with van der Waals surface area (Å²) >= 11 is 0. The predicted octanol–water partition coefficient (Wildman–Crippen LogP) is 7.31. The van der Waals surface area contributed by atoms with Gasteiger partial charge in [-0.15, -0.1) is 0 Å². The maximum absolute atomic E-state index is 13.8. The Morgan fingerprint density at radius 1 is 0.902 bits per heavy atom. The smallest absolute Gasteiger partial charge is 0.368 e. The largest absolute Gasteiger partial charge is 0.416 e. The summed E-state index contributed by atoms with van der Waals surface area (Å²) in [6.45, 7) is 1.41. The molecule has 0 saturated carbocycles. The molecule has 0 N–H and O–H groups in total. The lowest BCUT2D eigenvalue weighted by molar-refractivity contribution is -0.143. The number of Topliss-reactive ketones (excluding diaryl/α,β-unsaturated/α-hetero) is 1. The fourth-order valence-corrected chi connectivity index (χ4v) is 5.93. The Bertz CT molecular complexity index is 1380. The van der Waals surface area contributed by atoms with E-state index in [2.05, 4.69) is 0 Å². The third-order valence-electron chi connectivity index (χ3n) is 7.98. The monoisotopic (exact) mass is 581 g/mol. The van der Waals surface area contributed by atoms with E-state index >= 15 is 0 Å². The summed E-state index contributed by atoms with van der Waals surface area (Å²) in [4.78, 5) is 26.5. The van der Waals surface area contributed by atoms with Crippen LogP contribution in [-0.4, -0.2) is 35.3 Å². The molecule has 1 aliphatic carbocycles. The van der Waals surface area contributed by atoms with Crippen LogP contribution in [-0.2, 0) is 26.7 Å². The minimum absolute atomic E-state index is 0.0439. The van der Waals surface area contributed by atoms with Gasteiger partial charge in [-0.3, -0.25) is 9.59 Å². The highest BCUT2D eigenvalue weighted by molar-refractivity contribution is 5.91. The van der Waals surface area contributed by atoms with Crippen molar-refractivity contribution in [1.29, 1.82) is 0 Å². The number of rotatable bonds is 5. The van der Waals surface area contributed by atoms with Gasteiger partial charge in [0.25, 0.3) is 0 Å². The van der Waals surface area contributed by atoms with Crippen LogP contribution in [0, 0.1) is 5.82 Å². The van der Waals surface area contributed by atoms with Gasteiger partial charge < -0.3 is 9.64 Å². The average Bonchev–Trinajstić information content (AvgIpc) is 3.26. The molecule has 218 valence electrons. The van der Waals surface area contributed by atoms with Crippen molar-refractivity contribution in [2.45, 2.75) is 69.1 Å². The normalized spacial score (nSPS) is 24.2. The van der Waals surface area contributed by atoms with Gasteiger partial charge in [-0.2, -0.15) is 26.3 Å². The standard InChI is InChI=1S/C30H26F7NO3/c1-16(19-10-21(29(32,33)34)14-22(11-19)30(35,36)37)41-26-15-38-25(28(26)18-2-6-23(31)7-3-18)12-20(13-27(38)40)17-4-8-24(39)9-5-17/h2-4,6-7,10-11,13-14,16,25-26,28H,5,8-9,12,15H2,1H3/t16-,25+,26+,28+/m1/s1. The van der Waals surface area contributed by atoms with Gasteiger partial charge in [0.15, 0.2) is 0 Å². The summed E-state index contributed by atoms with van der Waals surface area (Å²) in [5.74, 6) is -1.23. The molecule has 1 fully saturated rings. The molecule has 0 unspecified atom stereocenters. The number of carbonyl (C=O) groups excluding carboxylic acids is 2. The Morgan fingerprint density at radius 3 is 2.10 bits per heavy atom. The molecule has 2 aromatic rings. The molecule has 41 heavy (non-hydrogen) atoms. The van der Waals surface area contributed by atoms with Crippen LogP contribution in [0.3, 0.4) is 0 Å². The Morgan fingerprint density at radius 2 is 1.54 bits per heavy atom. The van der Waals surface area contributed by atoms with E-state index < -0.39 is 53.5 Å². The maximum atomic E-state index is 13.8. The van der Waals surface area contributed by atoms with Gasteiger partial charge in [-0.1, -0.05) is 18.2 Å². The molecular weight excluding hydrogens is 555 g/mol. The molecule has 4 nitrogen and oxygen atoms in total. The molecule has 1 amide bonds. The summed E-state index contributed by atoms with van der Waals surface area (Å²) < 4.78 is 101. The number of halogens is 7. The average molecular weight is 582 g/mol. The van der Waals surface area contributed by atoms with Crippen molar-refractivity contribution < 1.29 is 45.1 Å². The molecule has 0 bridgehead atoms. The van der Waals surface area contributed by atoms with Crippen molar-refractivity contribution in [3.05, 3.63) is 93.8 Å². The molecule has 4 atom stereocenters. The van der Waals surface area contributed by atoms with E-state index in [9.17, 15) is 40.3 Å². The number of amides is 1. The first-order valence-corrected chi connectivity index (χ1v) is 13.1.